The van der Waals surface area contributed by atoms with Crippen LogP contribution in [0.25, 0.3) is 0 Å². The van der Waals surface area contributed by atoms with Gasteiger partial charge in [0.25, 0.3) is 5.91 Å². The highest BCUT2D eigenvalue weighted by Crippen LogP contribution is 2.15. The number of carbonyl (C=O) groups excluding carboxylic acids is 2. The van der Waals surface area contributed by atoms with Crippen LogP contribution in [-0.2, 0) is 14.3 Å². The summed E-state index contributed by atoms with van der Waals surface area (Å²) < 4.78 is 5.36. The third-order valence-corrected chi connectivity index (χ3v) is 4.33. The normalized spacial score (nSPS) is 15.4. The average molecular weight is 408 g/mol. The third-order valence-electron chi connectivity index (χ3n) is 4.33. The van der Waals surface area contributed by atoms with Gasteiger partial charge in [-0.25, -0.2) is 4.79 Å². The smallest absolute Gasteiger partial charge is 0.410 e. The fourth-order valence-electron chi connectivity index (χ4n) is 2.78. The summed E-state index contributed by atoms with van der Waals surface area (Å²) in [4.78, 5) is 36.2. The molecule has 1 aliphatic heterocycles. The number of nitrogens with zero attached hydrogens (tertiary/aromatic N) is 2. The largest absolute Gasteiger partial charge is 0.481 e. The Morgan fingerprint density at radius 3 is 2.41 bits per heavy atom. The highest BCUT2D eigenvalue weighted by Gasteiger charge is 2.26. The van der Waals surface area contributed by atoms with E-state index in [0.29, 0.717) is 51.7 Å². The predicted molar refractivity (Wildman–Crippen MR) is 107 cm³/mol. The number of carbonyl (C=O) groups is 3. The van der Waals surface area contributed by atoms with E-state index < -0.39 is 17.5 Å². The monoisotopic (exact) mass is 408 g/mol. The quantitative estimate of drug-likeness (QED) is 0.302. The number of nitrogens with one attached hydrogen (secondary N) is 2. The maximum absolute atomic E-state index is 12.1. The minimum Gasteiger partial charge on any atom is -0.481 e. The van der Waals surface area contributed by atoms with Crippen molar-refractivity contribution in [2.24, 2.45) is 0 Å². The summed E-state index contributed by atoms with van der Waals surface area (Å²) in [6.07, 6.45) is 4.53. The molecule has 1 rings (SSSR count). The summed E-state index contributed by atoms with van der Waals surface area (Å²) in [5, 5.41) is 23.5. The van der Waals surface area contributed by atoms with E-state index in [1.165, 1.54) is 6.20 Å². The lowest BCUT2D eigenvalue weighted by Crippen LogP contribution is -2.45. The molecule has 29 heavy (non-hydrogen) atoms. The molecule has 0 aromatic rings. The van der Waals surface area contributed by atoms with E-state index >= 15 is 0 Å². The molecule has 0 atom stereocenters. The number of rotatable bonds is 9. The van der Waals surface area contributed by atoms with E-state index in [9.17, 15) is 19.6 Å². The van der Waals surface area contributed by atoms with Gasteiger partial charge in [-0.2, -0.15) is 5.26 Å². The van der Waals surface area contributed by atoms with Gasteiger partial charge in [-0.3, -0.25) is 9.59 Å². The third kappa shape index (κ3) is 10.4. The van der Waals surface area contributed by atoms with Crippen LogP contribution in [0.1, 0.15) is 59.3 Å². The Bertz CT molecular complexity index is 640. The molecule has 0 saturated carbocycles. The van der Waals surface area contributed by atoms with Crippen molar-refractivity contribution in [3.63, 3.8) is 0 Å². The summed E-state index contributed by atoms with van der Waals surface area (Å²) in [5.41, 5.74) is -0.537. The lowest BCUT2D eigenvalue weighted by Gasteiger charge is -2.33. The van der Waals surface area contributed by atoms with Gasteiger partial charge in [-0.05, 0) is 46.5 Å². The number of aliphatic carboxylic acids is 1. The fraction of sp³-hybridized carbons (Fsp3) is 0.700. The van der Waals surface area contributed by atoms with E-state index in [1.54, 1.807) is 4.90 Å². The second-order valence-electron chi connectivity index (χ2n) is 8.04. The molecule has 9 heteroatoms. The zero-order valence-corrected chi connectivity index (χ0v) is 17.5. The first-order valence-electron chi connectivity index (χ1n) is 9.96. The van der Waals surface area contributed by atoms with Crippen LogP contribution in [0.2, 0.25) is 0 Å². The minimum absolute atomic E-state index is 0.00916. The van der Waals surface area contributed by atoms with Crippen molar-refractivity contribution in [1.29, 1.82) is 5.26 Å². The predicted octanol–water partition coefficient (Wildman–Crippen LogP) is 2.14. The van der Waals surface area contributed by atoms with Gasteiger partial charge in [-0.15, -0.1) is 0 Å². The molecular formula is C20H32N4O5. The maximum atomic E-state index is 12.1. The van der Waals surface area contributed by atoms with Crippen LogP contribution in [0.15, 0.2) is 11.8 Å². The molecule has 1 aliphatic rings. The number of hydrogen-bond donors (Lipinski definition) is 3. The highest BCUT2D eigenvalue weighted by molar-refractivity contribution is 5.97. The molecule has 162 valence electrons. The second kappa shape index (κ2) is 11.9. The van der Waals surface area contributed by atoms with Crippen LogP contribution < -0.4 is 10.6 Å². The molecular weight excluding hydrogens is 376 g/mol. The number of nitriles is 1. The van der Waals surface area contributed by atoms with E-state index in [0.717, 1.165) is 0 Å². The van der Waals surface area contributed by atoms with Gasteiger partial charge in [-0.1, -0.05) is 6.42 Å². The van der Waals surface area contributed by atoms with E-state index in [4.69, 9.17) is 9.84 Å². The van der Waals surface area contributed by atoms with E-state index in [-0.39, 0.29) is 24.1 Å². The summed E-state index contributed by atoms with van der Waals surface area (Å²) in [6, 6.07) is 1.96. The molecule has 1 saturated heterocycles. The van der Waals surface area contributed by atoms with Crippen LogP contribution in [0, 0.1) is 11.3 Å². The first-order valence-corrected chi connectivity index (χ1v) is 9.96. The molecule has 0 aromatic carbocycles. The molecule has 0 unspecified atom stereocenters. The summed E-state index contributed by atoms with van der Waals surface area (Å²) >= 11 is 0. The molecule has 0 aromatic heterocycles. The van der Waals surface area contributed by atoms with Crippen LogP contribution in [0.5, 0.6) is 0 Å². The number of unbranched alkanes of at least 4 members (excludes halogenated alkanes) is 2. The number of hydrogen-bond acceptors (Lipinski definition) is 6. The summed E-state index contributed by atoms with van der Waals surface area (Å²) in [7, 11) is 0. The van der Waals surface area contributed by atoms with Crippen LogP contribution in [0.3, 0.4) is 0 Å². The van der Waals surface area contributed by atoms with Crippen molar-refractivity contribution < 1.29 is 24.2 Å². The lowest BCUT2D eigenvalue weighted by atomic mass is 10.1. The first-order chi connectivity index (χ1) is 13.6. The number of likely N-dealkylation sites (tertiary alicyclic amines) is 1. The van der Waals surface area contributed by atoms with E-state index in [2.05, 4.69) is 10.6 Å². The van der Waals surface area contributed by atoms with Crippen molar-refractivity contribution in [2.75, 3.05) is 19.6 Å². The Morgan fingerprint density at radius 2 is 1.86 bits per heavy atom. The minimum atomic E-state index is -0.827. The number of carboxylic acid groups (broad SMARTS) is 1. The summed E-state index contributed by atoms with van der Waals surface area (Å²) in [5.74, 6) is -1.28. The Hall–Kier alpha value is -2.76. The Balaban J connectivity index is 2.34. The molecule has 2 amide bonds. The number of piperidine rings is 1. The zero-order valence-electron chi connectivity index (χ0n) is 17.5. The maximum Gasteiger partial charge on any atom is 0.410 e. The fourth-order valence-corrected chi connectivity index (χ4v) is 2.78. The van der Waals surface area contributed by atoms with Crippen molar-refractivity contribution in [3.8, 4) is 6.07 Å². The van der Waals surface area contributed by atoms with Crippen molar-refractivity contribution in [3.05, 3.63) is 11.8 Å². The topological polar surface area (TPSA) is 132 Å². The van der Waals surface area contributed by atoms with Gasteiger partial charge in [0, 0.05) is 38.3 Å². The molecule has 1 fully saturated rings. The number of carboxylic acids is 1. The van der Waals surface area contributed by atoms with Crippen LogP contribution in [-0.4, -0.2) is 59.3 Å². The standard InChI is InChI=1S/C20H32N4O5/c1-20(2,3)29-19(28)24-11-8-16(9-12-24)23-14-15(13-21)18(27)22-10-6-4-5-7-17(25)26/h14,16,23H,4-12H2,1-3H3,(H,22,27)(H,25,26)/b15-14-. The Morgan fingerprint density at radius 1 is 1.21 bits per heavy atom. The van der Waals surface area contributed by atoms with E-state index in [1.807, 2.05) is 26.8 Å². The molecule has 3 N–H and O–H groups in total. The van der Waals surface area contributed by atoms with Gasteiger partial charge in [0.2, 0.25) is 0 Å². The van der Waals surface area contributed by atoms with Crippen LogP contribution in [0.4, 0.5) is 4.79 Å². The summed E-state index contributed by atoms with van der Waals surface area (Å²) in [6.45, 7) is 6.97. The number of ether oxygens (including phenoxy) is 1. The highest BCUT2D eigenvalue weighted by atomic mass is 16.6. The van der Waals surface area contributed by atoms with Gasteiger partial charge < -0.3 is 25.4 Å². The van der Waals surface area contributed by atoms with Gasteiger partial charge in [0.05, 0.1) is 0 Å². The van der Waals surface area contributed by atoms with Gasteiger partial charge in [0.15, 0.2) is 0 Å². The Labute approximate surface area is 172 Å². The Kier molecular flexibility index (Phi) is 10.00. The van der Waals surface area contributed by atoms with Gasteiger partial charge >= 0.3 is 12.1 Å². The molecule has 0 radical (unpaired) electrons. The van der Waals surface area contributed by atoms with Gasteiger partial charge in [0.1, 0.15) is 17.2 Å². The van der Waals surface area contributed by atoms with Crippen molar-refractivity contribution >= 4 is 18.0 Å². The van der Waals surface area contributed by atoms with Crippen molar-refractivity contribution in [2.45, 2.75) is 70.9 Å². The molecule has 0 aliphatic carbocycles. The lowest BCUT2D eigenvalue weighted by molar-refractivity contribution is -0.137. The zero-order chi connectivity index (χ0) is 21.9. The SMILES string of the molecule is CC(C)(C)OC(=O)N1CCC(N/C=C(/C#N)C(=O)NCCCCCC(=O)O)CC1. The number of amides is 2. The second-order valence-corrected chi connectivity index (χ2v) is 8.04. The molecule has 9 nitrogen and oxygen atoms in total. The first kappa shape index (κ1) is 24.3. The average Bonchev–Trinajstić information content (AvgIpc) is 2.64. The van der Waals surface area contributed by atoms with Crippen molar-refractivity contribution in [1.82, 2.24) is 15.5 Å². The molecule has 1 heterocycles. The molecule has 0 bridgehead atoms. The van der Waals surface area contributed by atoms with Crippen LogP contribution >= 0.6 is 0 Å². The molecule has 0 spiro atoms.